The third kappa shape index (κ3) is 1.88. The summed E-state index contributed by atoms with van der Waals surface area (Å²) in [6.07, 6.45) is 0. The molecule has 0 heterocycles. The van der Waals surface area contributed by atoms with Crippen LogP contribution in [0.5, 0.6) is 0 Å². The van der Waals surface area contributed by atoms with Crippen LogP contribution in [0.2, 0.25) is 0 Å². The second-order valence-corrected chi connectivity index (χ2v) is 3.40. The first-order valence-corrected chi connectivity index (χ1v) is 4.95. The highest BCUT2D eigenvalue weighted by molar-refractivity contribution is 6.15. The molecule has 0 saturated heterocycles. The predicted molar refractivity (Wildman–Crippen MR) is 64.7 cm³/mol. The third-order valence-corrected chi connectivity index (χ3v) is 2.36. The molecule has 2 rings (SSSR count). The molecule has 0 saturated carbocycles. The summed E-state index contributed by atoms with van der Waals surface area (Å²) in [5.74, 6) is 0. The topological polar surface area (TPSA) is 58.6 Å². The number of hydrogen-bond donors (Lipinski definition) is 2. The molecular formula is C13H12N2O. The van der Waals surface area contributed by atoms with E-state index < -0.39 is 0 Å². The summed E-state index contributed by atoms with van der Waals surface area (Å²) in [6.45, 7) is 0. The number of nitrogens with two attached hydrogens (primary N) is 1. The van der Waals surface area contributed by atoms with Gasteiger partial charge in [-0.2, -0.15) is 0 Å². The lowest BCUT2D eigenvalue weighted by Gasteiger charge is -2.07. The lowest BCUT2D eigenvalue weighted by atomic mass is 10.0. The van der Waals surface area contributed by atoms with Gasteiger partial charge < -0.3 is 10.9 Å². The Labute approximate surface area is 93.8 Å². The van der Waals surface area contributed by atoms with Crippen molar-refractivity contribution in [2.75, 3.05) is 5.73 Å². The minimum absolute atomic E-state index is 0.485. The molecule has 16 heavy (non-hydrogen) atoms. The Morgan fingerprint density at radius 3 is 2.19 bits per heavy atom. The molecule has 0 bridgehead atoms. The summed E-state index contributed by atoms with van der Waals surface area (Å²) in [7, 11) is 0. The lowest BCUT2D eigenvalue weighted by Crippen LogP contribution is -2.06. The highest BCUT2D eigenvalue weighted by atomic mass is 16.4. The molecule has 0 aliphatic carbocycles. The number of benzene rings is 2. The second-order valence-electron chi connectivity index (χ2n) is 3.40. The van der Waals surface area contributed by atoms with Gasteiger partial charge in [0.25, 0.3) is 0 Å². The average molecular weight is 212 g/mol. The summed E-state index contributed by atoms with van der Waals surface area (Å²) in [6, 6.07) is 16.8. The summed E-state index contributed by atoms with van der Waals surface area (Å²) in [4.78, 5) is 0. The van der Waals surface area contributed by atoms with Crippen LogP contribution in [0.25, 0.3) is 0 Å². The SMILES string of the molecule is Nc1ccccc1/C(=N\O)c1ccccc1. The number of hydrogen-bond acceptors (Lipinski definition) is 3. The summed E-state index contributed by atoms with van der Waals surface area (Å²) < 4.78 is 0. The van der Waals surface area contributed by atoms with Crippen LogP contribution in [-0.4, -0.2) is 10.9 Å². The van der Waals surface area contributed by atoms with Crippen LogP contribution in [0.1, 0.15) is 11.1 Å². The van der Waals surface area contributed by atoms with Gasteiger partial charge in [-0.05, 0) is 6.07 Å². The largest absolute Gasteiger partial charge is 0.410 e. The number of nitrogens with zero attached hydrogens (tertiary/aromatic N) is 1. The Hall–Kier alpha value is -2.29. The first-order valence-electron chi connectivity index (χ1n) is 4.95. The first-order chi connectivity index (χ1) is 7.83. The van der Waals surface area contributed by atoms with E-state index in [0.717, 1.165) is 11.1 Å². The Bertz CT molecular complexity index is 506. The van der Waals surface area contributed by atoms with E-state index in [2.05, 4.69) is 5.16 Å². The molecule has 2 aromatic carbocycles. The molecule has 0 aliphatic heterocycles. The van der Waals surface area contributed by atoms with E-state index in [1.807, 2.05) is 48.5 Å². The predicted octanol–water partition coefficient (Wildman–Crippen LogP) is 2.50. The van der Waals surface area contributed by atoms with Gasteiger partial charge in [-0.15, -0.1) is 0 Å². The third-order valence-electron chi connectivity index (χ3n) is 2.36. The molecule has 0 amide bonds. The number of para-hydroxylation sites is 1. The van der Waals surface area contributed by atoms with Gasteiger partial charge in [0, 0.05) is 16.8 Å². The normalized spacial score (nSPS) is 11.4. The van der Waals surface area contributed by atoms with Gasteiger partial charge in [-0.25, -0.2) is 0 Å². The maximum atomic E-state index is 9.09. The molecular weight excluding hydrogens is 200 g/mol. The zero-order valence-corrected chi connectivity index (χ0v) is 8.67. The van der Waals surface area contributed by atoms with Crippen molar-refractivity contribution in [3.8, 4) is 0 Å². The van der Waals surface area contributed by atoms with Crippen molar-refractivity contribution in [3.05, 3.63) is 65.7 Å². The van der Waals surface area contributed by atoms with Crippen molar-refractivity contribution >= 4 is 11.4 Å². The molecule has 0 unspecified atom stereocenters. The maximum absolute atomic E-state index is 9.09. The molecule has 80 valence electrons. The highest BCUT2D eigenvalue weighted by Gasteiger charge is 2.09. The van der Waals surface area contributed by atoms with Crippen LogP contribution in [0.15, 0.2) is 59.8 Å². The van der Waals surface area contributed by atoms with Crippen molar-refractivity contribution in [2.24, 2.45) is 5.16 Å². The van der Waals surface area contributed by atoms with E-state index in [-0.39, 0.29) is 0 Å². The lowest BCUT2D eigenvalue weighted by molar-refractivity contribution is 0.319. The van der Waals surface area contributed by atoms with Crippen molar-refractivity contribution in [1.29, 1.82) is 0 Å². The molecule has 0 atom stereocenters. The summed E-state index contributed by atoms with van der Waals surface area (Å²) in [5, 5.41) is 12.4. The average Bonchev–Trinajstić information content (AvgIpc) is 2.34. The number of nitrogen functional groups attached to an aromatic ring is 1. The van der Waals surface area contributed by atoms with Crippen LogP contribution < -0.4 is 5.73 Å². The zero-order chi connectivity index (χ0) is 11.4. The van der Waals surface area contributed by atoms with E-state index in [4.69, 9.17) is 10.9 Å². The fraction of sp³-hybridized carbons (Fsp3) is 0. The van der Waals surface area contributed by atoms with Crippen molar-refractivity contribution < 1.29 is 5.21 Å². The minimum atomic E-state index is 0.485. The van der Waals surface area contributed by atoms with Gasteiger partial charge in [0.15, 0.2) is 0 Å². The van der Waals surface area contributed by atoms with Crippen LogP contribution >= 0.6 is 0 Å². The molecule has 2 aromatic rings. The first kappa shape index (κ1) is 10.2. The number of oxime groups is 1. The van der Waals surface area contributed by atoms with E-state index >= 15 is 0 Å². The summed E-state index contributed by atoms with van der Waals surface area (Å²) >= 11 is 0. The zero-order valence-electron chi connectivity index (χ0n) is 8.67. The Kier molecular flexibility index (Phi) is 2.87. The van der Waals surface area contributed by atoms with Gasteiger partial charge in [0.2, 0.25) is 0 Å². The Balaban J connectivity index is 2.51. The monoisotopic (exact) mass is 212 g/mol. The van der Waals surface area contributed by atoms with Crippen LogP contribution in [0.3, 0.4) is 0 Å². The number of anilines is 1. The molecule has 3 heteroatoms. The number of rotatable bonds is 2. The van der Waals surface area contributed by atoms with Gasteiger partial charge in [0.1, 0.15) is 5.71 Å². The van der Waals surface area contributed by atoms with E-state index in [9.17, 15) is 0 Å². The molecule has 0 radical (unpaired) electrons. The van der Waals surface area contributed by atoms with Gasteiger partial charge in [-0.3, -0.25) is 0 Å². The fourth-order valence-electron chi connectivity index (χ4n) is 1.58. The van der Waals surface area contributed by atoms with Crippen LogP contribution in [-0.2, 0) is 0 Å². The molecule has 3 nitrogen and oxygen atoms in total. The smallest absolute Gasteiger partial charge is 0.119 e. The van der Waals surface area contributed by atoms with Crippen molar-refractivity contribution in [3.63, 3.8) is 0 Å². The van der Waals surface area contributed by atoms with Gasteiger partial charge in [0.05, 0.1) is 0 Å². The van der Waals surface area contributed by atoms with Gasteiger partial charge in [-0.1, -0.05) is 53.7 Å². The maximum Gasteiger partial charge on any atom is 0.119 e. The van der Waals surface area contributed by atoms with Gasteiger partial charge >= 0.3 is 0 Å². The van der Waals surface area contributed by atoms with Crippen LogP contribution in [0, 0.1) is 0 Å². The van der Waals surface area contributed by atoms with E-state index in [0.29, 0.717) is 11.4 Å². The second kappa shape index (κ2) is 4.49. The Morgan fingerprint density at radius 1 is 0.938 bits per heavy atom. The van der Waals surface area contributed by atoms with Crippen LogP contribution in [0.4, 0.5) is 5.69 Å². The van der Waals surface area contributed by atoms with E-state index in [1.54, 1.807) is 6.07 Å². The fourth-order valence-corrected chi connectivity index (χ4v) is 1.58. The molecule has 0 fully saturated rings. The Morgan fingerprint density at radius 2 is 1.56 bits per heavy atom. The molecule has 0 spiro atoms. The van der Waals surface area contributed by atoms with E-state index in [1.165, 1.54) is 0 Å². The highest BCUT2D eigenvalue weighted by Crippen LogP contribution is 2.16. The standard InChI is InChI=1S/C13H12N2O/c14-12-9-5-4-8-11(12)13(15-16)10-6-2-1-3-7-10/h1-9,16H,14H2/b15-13-. The molecule has 3 N–H and O–H groups in total. The quantitative estimate of drug-likeness (QED) is 0.348. The van der Waals surface area contributed by atoms with Crippen molar-refractivity contribution in [2.45, 2.75) is 0 Å². The molecule has 0 aliphatic rings. The minimum Gasteiger partial charge on any atom is -0.410 e. The van der Waals surface area contributed by atoms with Crippen molar-refractivity contribution in [1.82, 2.24) is 0 Å². The molecule has 0 aromatic heterocycles. The summed E-state index contributed by atoms with van der Waals surface area (Å²) in [5.41, 5.74) is 8.49.